The lowest BCUT2D eigenvalue weighted by atomic mass is 9.67. The van der Waals surface area contributed by atoms with E-state index in [9.17, 15) is 0 Å². The van der Waals surface area contributed by atoms with Gasteiger partial charge in [-0.25, -0.2) is 0 Å². The fourth-order valence-corrected chi connectivity index (χ4v) is 3.70. The fourth-order valence-electron chi connectivity index (χ4n) is 3.70. The van der Waals surface area contributed by atoms with E-state index < -0.39 is 0 Å². The smallest absolute Gasteiger partial charge is 0.00700 e. The molecule has 0 aliphatic heterocycles. The molecule has 1 heteroatoms. The van der Waals surface area contributed by atoms with Crippen LogP contribution in [0, 0.1) is 23.7 Å². The second-order valence-corrected chi connectivity index (χ2v) is 6.27. The molecule has 3 unspecified atom stereocenters. The molecule has 15 heavy (non-hydrogen) atoms. The van der Waals surface area contributed by atoms with Crippen LogP contribution in [0.3, 0.4) is 0 Å². The van der Waals surface area contributed by atoms with Crippen LogP contribution in [-0.4, -0.2) is 6.04 Å². The first kappa shape index (κ1) is 11.4. The van der Waals surface area contributed by atoms with E-state index in [4.69, 9.17) is 5.73 Å². The van der Waals surface area contributed by atoms with Crippen LogP contribution in [0.15, 0.2) is 0 Å². The van der Waals surface area contributed by atoms with Crippen LogP contribution in [0.25, 0.3) is 0 Å². The average Bonchev–Trinajstić information content (AvgIpc) is 2.23. The molecule has 0 saturated heterocycles. The predicted molar refractivity (Wildman–Crippen MR) is 65.6 cm³/mol. The van der Waals surface area contributed by atoms with Gasteiger partial charge in [0.1, 0.15) is 0 Å². The van der Waals surface area contributed by atoms with Crippen molar-refractivity contribution in [1.29, 1.82) is 0 Å². The Hall–Kier alpha value is -0.0400. The first-order chi connectivity index (χ1) is 7.16. The highest BCUT2D eigenvalue weighted by Crippen LogP contribution is 2.40. The summed E-state index contributed by atoms with van der Waals surface area (Å²) in [6.07, 6.45) is 9.84. The Morgan fingerprint density at radius 3 is 2.07 bits per heavy atom. The Kier molecular flexibility index (Phi) is 3.71. The fraction of sp³-hybridized carbons (Fsp3) is 1.00. The Labute approximate surface area is 94.8 Å². The van der Waals surface area contributed by atoms with Crippen LogP contribution in [0.1, 0.15) is 58.8 Å². The van der Waals surface area contributed by atoms with E-state index in [1.54, 1.807) is 0 Å². The minimum Gasteiger partial charge on any atom is -0.327 e. The molecule has 2 rings (SSSR count). The standard InChI is InChI=1S/C14H27N/c1-10-3-6-12(7-4-10)13-9-11(2)5-8-14(13)15/h10-14H,3-9,15H2,1-2H3. The van der Waals surface area contributed by atoms with Gasteiger partial charge in [-0.15, -0.1) is 0 Å². The highest BCUT2D eigenvalue weighted by atomic mass is 14.7. The third-order valence-corrected chi connectivity index (χ3v) is 4.88. The Morgan fingerprint density at radius 1 is 0.800 bits per heavy atom. The Morgan fingerprint density at radius 2 is 1.40 bits per heavy atom. The molecule has 88 valence electrons. The van der Waals surface area contributed by atoms with E-state index in [2.05, 4.69) is 13.8 Å². The molecule has 0 heterocycles. The SMILES string of the molecule is CC1CCC(C2CC(C)CCC2N)CC1. The summed E-state index contributed by atoms with van der Waals surface area (Å²) >= 11 is 0. The number of nitrogens with two attached hydrogens (primary N) is 1. The van der Waals surface area contributed by atoms with Gasteiger partial charge in [-0.3, -0.25) is 0 Å². The van der Waals surface area contributed by atoms with Gasteiger partial charge in [0, 0.05) is 6.04 Å². The van der Waals surface area contributed by atoms with Crippen molar-refractivity contribution in [1.82, 2.24) is 0 Å². The summed E-state index contributed by atoms with van der Waals surface area (Å²) in [6.45, 7) is 4.81. The van der Waals surface area contributed by atoms with Gasteiger partial charge in [-0.05, 0) is 55.8 Å². The van der Waals surface area contributed by atoms with E-state index >= 15 is 0 Å². The summed E-state index contributed by atoms with van der Waals surface area (Å²) in [6, 6.07) is 0.514. The van der Waals surface area contributed by atoms with Crippen LogP contribution in [0.5, 0.6) is 0 Å². The summed E-state index contributed by atoms with van der Waals surface area (Å²) in [5.74, 6) is 3.70. The Bertz CT molecular complexity index is 194. The van der Waals surface area contributed by atoms with E-state index in [1.807, 2.05) is 0 Å². The quantitative estimate of drug-likeness (QED) is 0.702. The molecule has 0 amide bonds. The van der Waals surface area contributed by atoms with Gasteiger partial charge < -0.3 is 5.73 Å². The molecule has 2 fully saturated rings. The molecule has 2 aliphatic rings. The van der Waals surface area contributed by atoms with Crippen molar-refractivity contribution in [3.63, 3.8) is 0 Å². The maximum absolute atomic E-state index is 6.31. The lowest BCUT2D eigenvalue weighted by Gasteiger charge is -2.40. The zero-order valence-electron chi connectivity index (χ0n) is 10.4. The minimum atomic E-state index is 0.514. The molecule has 2 aliphatic carbocycles. The molecular weight excluding hydrogens is 182 g/mol. The molecule has 3 atom stereocenters. The molecule has 0 spiro atoms. The second kappa shape index (κ2) is 4.86. The van der Waals surface area contributed by atoms with Gasteiger partial charge in [0.25, 0.3) is 0 Å². The predicted octanol–water partition coefficient (Wildman–Crippen LogP) is 3.58. The topological polar surface area (TPSA) is 26.0 Å². The molecule has 0 aromatic carbocycles. The molecule has 0 aromatic rings. The number of rotatable bonds is 1. The van der Waals surface area contributed by atoms with Crippen LogP contribution < -0.4 is 5.73 Å². The summed E-state index contributed by atoms with van der Waals surface area (Å²) in [4.78, 5) is 0. The molecule has 0 bridgehead atoms. The van der Waals surface area contributed by atoms with E-state index in [-0.39, 0.29) is 0 Å². The minimum absolute atomic E-state index is 0.514. The third-order valence-electron chi connectivity index (χ3n) is 4.88. The zero-order valence-corrected chi connectivity index (χ0v) is 10.4. The molecule has 0 radical (unpaired) electrons. The van der Waals surface area contributed by atoms with Crippen LogP contribution >= 0.6 is 0 Å². The van der Waals surface area contributed by atoms with Gasteiger partial charge in [0.15, 0.2) is 0 Å². The van der Waals surface area contributed by atoms with Crippen molar-refractivity contribution in [2.45, 2.75) is 64.8 Å². The lowest BCUT2D eigenvalue weighted by Crippen LogP contribution is -2.40. The highest BCUT2D eigenvalue weighted by Gasteiger charge is 2.33. The Balaban J connectivity index is 1.90. The van der Waals surface area contributed by atoms with Gasteiger partial charge in [-0.1, -0.05) is 26.7 Å². The molecule has 2 saturated carbocycles. The van der Waals surface area contributed by atoms with Crippen molar-refractivity contribution in [3.8, 4) is 0 Å². The third kappa shape index (κ3) is 2.75. The molecule has 0 aromatic heterocycles. The van der Waals surface area contributed by atoms with Crippen molar-refractivity contribution >= 4 is 0 Å². The number of hydrogen-bond donors (Lipinski definition) is 1. The van der Waals surface area contributed by atoms with E-state index in [0.29, 0.717) is 6.04 Å². The largest absolute Gasteiger partial charge is 0.327 e. The van der Waals surface area contributed by atoms with Crippen LogP contribution in [-0.2, 0) is 0 Å². The summed E-state index contributed by atoms with van der Waals surface area (Å²) in [5, 5.41) is 0. The lowest BCUT2D eigenvalue weighted by molar-refractivity contribution is 0.129. The van der Waals surface area contributed by atoms with Gasteiger partial charge in [0.05, 0.1) is 0 Å². The first-order valence-electron chi connectivity index (χ1n) is 6.92. The van der Waals surface area contributed by atoms with E-state index in [0.717, 1.165) is 23.7 Å². The van der Waals surface area contributed by atoms with Crippen molar-refractivity contribution in [3.05, 3.63) is 0 Å². The van der Waals surface area contributed by atoms with Crippen molar-refractivity contribution < 1.29 is 0 Å². The monoisotopic (exact) mass is 209 g/mol. The summed E-state index contributed by atoms with van der Waals surface area (Å²) < 4.78 is 0. The summed E-state index contributed by atoms with van der Waals surface area (Å²) in [5.41, 5.74) is 6.31. The van der Waals surface area contributed by atoms with Crippen LogP contribution in [0.2, 0.25) is 0 Å². The van der Waals surface area contributed by atoms with Crippen LogP contribution in [0.4, 0.5) is 0 Å². The van der Waals surface area contributed by atoms with Crippen molar-refractivity contribution in [2.75, 3.05) is 0 Å². The highest BCUT2D eigenvalue weighted by molar-refractivity contribution is 4.87. The van der Waals surface area contributed by atoms with Gasteiger partial charge >= 0.3 is 0 Å². The van der Waals surface area contributed by atoms with Crippen molar-refractivity contribution in [2.24, 2.45) is 29.4 Å². The maximum atomic E-state index is 6.31. The summed E-state index contributed by atoms with van der Waals surface area (Å²) in [7, 11) is 0. The normalized spacial score (nSPS) is 47.8. The molecular formula is C14H27N. The number of hydrogen-bond acceptors (Lipinski definition) is 1. The second-order valence-electron chi connectivity index (χ2n) is 6.27. The maximum Gasteiger partial charge on any atom is 0.00700 e. The van der Waals surface area contributed by atoms with Gasteiger partial charge in [0.2, 0.25) is 0 Å². The molecule has 1 nitrogen and oxygen atoms in total. The first-order valence-corrected chi connectivity index (χ1v) is 6.92. The van der Waals surface area contributed by atoms with Gasteiger partial charge in [-0.2, -0.15) is 0 Å². The zero-order chi connectivity index (χ0) is 10.8. The average molecular weight is 209 g/mol. The molecule has 2 N–H and O–H groups in total. The van der Waals surface area contributed by atoms with E-state index in [1.165, 1.54) is 44.9 Å².